The summed E-state index contributed by atoms with van der Waals surface area (Å²) in [6.07, 6.45) is 3.21. The zero-order chi connectivity index (χ0) is 18.1. The second-order valence-corrected chi connectivity index (χ2v) is 7.03. The summed E-state index contributed by atoms with van der Waals surface area (Å²) in [7, 11) is 0. The number of aromatic nitrogens is 1. The molecular weight excluding hydrogens is 384 g/mol. The molecular formula is C19H17BrN2O3. The second-order valence-electron chi connectivity index (χ2n) is 6.12. The Morgan fingerprint density at radius 1 is 1.16 bits per heavy atom. The zero-order valence-electron chi connectivity index (χ0n) is 13.8. The van der Waals surface area contributed by atoms with Crippen molar-refractivity contribution >= 4 is 33.3 Å². The van der Waals surface area contributed by atoms with Crippen LogP contribution in [0.4, 0.5) is 5.69 Å². The van der Waals surface area contributed by atoms with Crippen LogP contribution < -0.4 is 4.90 Å². The first kappa shape index (κ1) is 17.4. The van der Waals surface area contributed by atoms with Crippen LogP contribution in [0.25, 0.3) is 0 Å². The van der Waals surface area contributed by atoms with Gasteiger partial charge < -0.3 is 5.11 Å². The first-order valence-corrected chi connectivity index (χ1v) is 8.67. The van der Waals surface area contributed by atoms with Crippen molar-refractivity contribution in [3.8, 4) is 0 Å². The predicted octanol–water partition coefficient (Wildman–Crippen LogP) is 3.97. The number of pyridine rings is 1. The van der Waals surface area contributed by atoms with Crippen LogP contribution in [-0.4, -0.2) is 21.8 Å². The molecule has 0 saturated heterocycles. The third kappa shape index (κ3) is 3.09. The van der Waals surface area contributed by atoms with Crippen LogP contribution in [0.5, 0.6) is 0 Å². The average Bonchev–Trinajstić information content (AvgIpc) is 2.87. The van der Waals surface area contributed by atoms with E-state index in [9.17, 15) is 14.7 Å². The van der Waals surface area contributed by atoms with Gasteiger partial charge in [-0.1, -0.05) is 29.8 Å². The highest BCUT2D eigenvalue weighted by atomic mass is 79.9. The molecule has 0 aliphatic carbocycles. The van der Waals surface area contributed by atoms with Gasteiger partial charge in [0, 0.05) is 28.5 Å². The van der Waals surface area contributed by atoms with Crippen molar-refractivity contribution in [2.75, 3.05) is 4.90 Å². The van der Waals surface area contributed by atoms with Gasteiger partial charge in [-0.05, 0) is 42.0 Å². The molecule has 1 atom stereocenters. The number of ketones is 1. The van der Waals surface area contributed by atoms with Crippen LogP contribution in [0.3, 0.4) is 0 Å². The number of aliphatic hydroxyl groups is 1. The highest BCUT2D eigenvalue weighted by Gasteiger charge is 2.44. The molecule has 1 amide bonds. The summed E-state index contributed by atoms with van der Waals surface area (Å²) in [6, 6.07) is 9.98. The highest BCUT2D eigenvalue weighted by molar-refractivity contribution is 9.10. The van der Waals surface area contributed by atoms with Gasteiger partial charge in [0.1, 0.15) is 0 Å². The minimum atomic E-state index is -0.674. The number of halogens is 1. The molecule has 128 valence electrons. The van der Waals surface area contributed by atoms with E-state index in [-0.39, 0.29) is 17.3 Å². The summed E-state index contributed by atoms with van der Waals surface area (Å²) in [5.41, 5.74) is 1.46. The molecule has 1 N–H and O–H groups in total. The van der Waals surface area contributed by atoms with Crippen LogP contribution >= 0.6 is 15.9 Å². The van der Waals surface area contributed by atoms with Crippen molar-refractivity contribution in [3.05, 3.63) is 70.2 Å². The molecule has 6 heteroatoms. The lowest BCUT2D eigenvalue weighted by atomic mass is 9.91. The van der Waals surface area contributed by atoms with E-state index >= 15 is 0 Å². The fraction of sp³-hybridized carbons (Fsp3) is 0.211. The molecule has 0 radical (unpaired) electrons. The molecule has 1 aromatic carbocycles. The molecule has 0 saturated carbocycles. The van der Waals surface area contributed by atoms with Crippen molar-refractivity contribution in [2.45, 2.75) is 19.9 Å². The zero-order valence-corrected chi connectivity index (χ0v) is 15.4. The molecule has 1 aliphatic heterocycles. The molecule has 2 aromatic rings. The third-order valence-corrected chi connectivity index (χ3v) is 4.65. The number of carbonyl (C=O) groups excluding carboxylic acids is 2. The number of Topliss-reactive ketones (excluding diaryl/α,β-unsaturated/α-hetero) is 1. The quantitative estimate of drug-likeness (QED) is 0.842. The molecule has 1 aliphatic rings. The normalized spacial score (nSPS) is 17.5. The number of hydrogen-bond acceptors (Lipinski definition) is 4. The topological polar surface area (TPSA) is 70.5 Å². The highest BCUT2D eigenvalue weighted by Crippen LogP contribution is 2.41. The first-order chi connectivity index (χ1) is 11.9. The van der Waals surface area contributed by atoms with Crippen molar-refractivity contribution < 1.29 is 14.7 Å². The van der Waals surface area contributed by atoms with Crippen LogP contribution in [0, 0.1) is 5.92 Å². The Kier molecular flexibility index (Phi) is 4.72. The lowest BCUT2D eigenvalue weighted by molar-refractivity contribution is -0.119. The van der Waals surface area contributed by atoms with Gasteiger partial charge in [0.15, 0.2) is 11.5 Å². The molecule has 1 unspecified atom stereocenters. The van der Waals surface area contributed by atoms with Gasteiger partial charge >= 0.3 is 0 Å². The van der Waals surface area contributed by atoms with Gasteiger partial charge in [-0.3, -0.25) is 19.5 Å². The molecule has 0 bridgehead atoms. The van der Waals surface area contributed by atoms with Gasteiger partial charge in [0.05, 0.1) is 11.6 Å². The Morgan fingerprint density at radius 2 is 1.76 bits per heavy atom. The Labute approximate surface area is 154 Å². The summed E-state index contributed by atoms with van der Waals surface area (Å²) in [5, 5.41) is 10.4. The number of amides is 1. The molecule has 3 rings (SSSR count). The molecule has 5 nitrogen and oxygen atoms in total. The lowest BCUT2D eigenvalue weighted by Gasteiger charge is -2.27. The van der Waals surface area contributed by atoms with Gasteiger partial charge in [0.25, 0.3) is 5.91 Å². The maximum absolute atomic E-state index is 12.8. The Hall–Kier alpha value is -2.47. The van der Waals surface area contributed by atoms with E-state index in [1.165, 1.54) is 4.90 Å². The number of hydrogen-bond donors (Lipinski definition) is 1. The summed E-state index contributed by atoms with van der Waals surface area (Å²) in [6.45, 7) is 3.50. The van der Waals surface area contributed by atoms with Crippen LogP contribution in [0.2, 0.25) is 0 Å². The summed E-state index contributed by atoms with van der Waals surface area (Å²) >= 11 is 3.37. The van der Waals surface area contributed by atoms with E-state index in [0.29, 0.717) is 5.69 Å². The van der Waals surface area contributed by atoms with Crippen molar-refractivity contribution in [1.82, 2.24) is 4.98 Å². The van der Waals surface area contributed by atoms with Gasteiger partial charge in [-0.25, -0.2) is 0 Å². The fourth-order valence-electron chi connectivity index (χ4n) is 2.90. The number of rotatable bonds is 4. The van der Waals surface area contributed by atoms with Gasteiger partial charge in [0.2, 0.25) is 0 Å². The minimum absolute atomic E-state index is 0.133. The SMILES string of the molecule is CC(C)C(=O)C1=C(O)C(=O)N(c2ccc(Br)cc2)C1c1ccncc1. The van der Waals surface area contributed by atoms with E-state index in [1.54, 1.807) is 50.5 Å². The Balaban J connectivity index is 2.17. The Morgan fingerprint density at radius 3 is 2.32 bits per heavy atom. The fourth-order valence-corrected chi connectivity index (χ4v) is 3.16. The monoisotopic (exact) mass is 400 g/mol. The Bertz CT molecular complexity index is 845. The largest absolute Gasteiger partial charge is 0.503 e. The maximum atomic E-state index is 12.8. The molecule has 0 fully saturated rings. The van der Waals surface area contributed by atoms with Crippen LogP contribution in [-0.2, 0) is 9.59 Å². The second kappa shape index (κ2) is 6.80. The smallest absolute Gasteiger partial charge is 0.294 e. The van der Waals surface area contributed by atoms with E-state index in [4.69, 9.17) is 0 Å². The van der Waals surface area contributed by atoms with E-state index in [0.717, 1.165) is 10.0 Å². The standard InChI is InChI=1S/C19H17BrN2O3/c1-11(2)17(23)15-16(12-7-9-21-10-8-12)22(19(25)18(15)24)14-5-3-13(20)4-6-14/h3-11,16,24H,1-2H3. The number of aliphatic hydroxyl groups excluding tert-OH is 1. The first-order valence-electron chi connectivity index (χ1n) is 7.88. The third-order valence-electron chi connectivity index (χ3n) is 4.12. The average molecular weight is 401 g/mol. The van der Waals surface area contributed by atoms with Gasteiger partial charge in [-0.2, -0.15) is 0 Å². The van der Waals surface area contributed by atoms with E-state index in [1.807, 2.05) is 12.1 Å². The molecule has 0 spiro atoms. The minimum Gasteiger partial charge on any atom is -0.503 e. The number of nitrogens with zero attached hydrogens (tertiary/aromatic N) is 2. The number of anilines is 1. The molecule has 2 heterocycles. The summed E-state index contributed by atoms with van der Waals surface area (Å²) < 4.78 is 0.874. The summed E-state index contributed by atoms with van der Waals surface area (Å²) in [4.78, 5) is 30.9. The van der Waals surface area contributed by atoms with E-state index in [2.05, 4.69) is 20.9 Å². The number of benzene rings is 1. The van der Waals surface area contributed by atoms with E-state index < -0.39 is 17.7 Å². The summed E-state index contributed by atoms with van der Waals surface area (Å²) in [5.74, 6) is -1.64. The molecule has 1 aromatic heterocycles. The van der Waals surface area contributed by atoms with Crippen LogP contribution in [0.1, 0.15) is 25.5 Å². The van der Waals surface area contributed by atoms with Gasteiger partial charge in [-0.15, -0.1) is 0 Å². The van der Waals surface area contributed by atoms with Crippen molar-refractivity contribution in [1.29, 1.82) is 0 Å². The van der Waals surface area contributed by atoms with Crippen molar-refractivity contribution in [3.63, 3.8) is 0 Å². The number of carbonyl (C=O) groups is 2. The maximum Gasteiger partial charge on any atom is 0.294 e. The molecule has 25 heavy (non-hydrogen) atoms. The van der Waals surface area contributed by atoms with Crippen molar-refractivity contribution in [2.24, 2.45) is 5.92 Å². The predicted molar refractivity (Wildman–Crippen MR) is 98.1 cm³/mol. The van der Waals surface area contributed by atoms with Crippen LogP contribution in [0.15, 0.2) is 64.6 Å². The lowest BCUT2D eigenvalue weighted by Crippen LogP contribution is -2.31.